The van der Waals surface area contributed by atoms with Crippen LogP contribution in [0.1, 0.15) is 34.1 Å². The fourth-order valence-electron chi connectivity index (χ4n) is 2.90. The number of benzene rings is 1. The molecule has 1 aromatic carbocycles. The number of anilines is 2. The molecule has 0 aliphatic heterocycles. The molecule has 24 heavy (non-hydrogen) atoms. The van der Waals surface area contributed by atoms with Crippen molar-refractivity contribution in [2.24, 2.45) is 5.92 Å². The lowest BCUT2D eigenvalue weighted by atomic mass is 9.88. The number of rotatable bonds is 4. The van der Waals surface area contributed by atoms with Crippen molar-refractivity contribution >= 4 is 38.6 Å². The van der Waals surface area contributed by atoms with Crippen molar-refractivity contribution in [3.63, 3.8) is 0 Å². The van der Waals surface area contributed by atoms with Crippen molar-refractivity contribution in [3.8, 4) is 0 Å². The molecule has 1 aliphatic rings. The van der Waals surface area contributed by atoms with Crippen LogP contribution in [0.25, 0.3) is 0 Å². The first-order valence-electron chi connectivity index (χ1n) is 7.80. The molecule has 0 saturated carbocycles. The molecule has 3 rings (SSSR count). The van der Waals surface area contributed by atoms with E-state index in [0.29, 0.717) is 17.3 Å². The fourth-order valence-corrected chi connectivity index (χ4v) is 4.71. The van der Waals surface area contributed by atoms with Gasteiger partial charge in [-0.15, -0.1) is 11.3 Å². The van der Waals surface area contributed by atoms with E-state index in [1.807, 2.05) is 5.38 Å². The van der Waals surface area contributed by atoms with Crippen molar-refractivity contribution < 1.29 is 13.2 Å². The third kappa shape index (κ3) is 3.96. The van der Waals surface area contributed by atoms with Gasteiger partial charge >= 0.3 is 0 Å². The zero-order chi connectivity index (χ0) is 17.3. The number of sulfonamides is 1. The van der Waals surface area contributed by atoms with E-state index in [2.05, 4.69) is 17.0 Å². The molecule has 1 amide bonds. The molecule has 128 valence electrons. The third-order valence-corrected chi connectivity index (χ3v) is 5.75. The second-order valence-electron chi connectivity index (χ2n) is 6.30. The van der Waals surface area contributed by atoms with Gasteiger partial charge in [0, 0.05) is 21.6 Å². The highest BCUT2D eigenvalue weighted by molar-refractivity contribution is 7.92. The summed E-state index contributed by atoms with van der Waals surface area (Å²) in [5, 5.41) is 4.83. The lowest BCUT2D eigenvalue weighted by Gasteiger charge is -2.18. The Morgan fingerprint density at radius 1 is 1.21 bits per heavy atom. The molecule has 1 aliphatic carbocycles. The first kappa shape index (κ1) is 17.0. The second kappa shape index (κ2) is 6.57. The summed E-state index contributed by atoms with van der Waals surface area (Å²) in [6.45, 7) is 2.24. The number of carbonyl (C=O) groups is 1. The standard InChI is InChI=1S/C17H20N2O3S2/c1-11-3-8-14-15(10-23-16(14)9-11)17(20)18-12-4-6-13(7-5-12)19-24(2,21)22/h4-7,10-11,19H,3,8-9H2,1-2H3,(H,18,20). The van der Waals surface area contributed by atoms with Gasteiger partial charge in [-0.1, -0.05) is 6.92 Å². The van der Waals surface area contributed by atoms with Gasteiger partial charge in [0.15, 0.2) is 0 Å². The van der Waals surface area contributed by atoms with E-state index in [1.165, 1.54) is 10.4 Å². The van der Waals surface area contributed by atoms with Crippen LogP contribution in [-0.2, 0) is 22.9 Å². The van der Waals surface area contributed by atoms with Crippen LogP contribution >= 0.6 is 11.3 Å². The Hall–Kier alpha value is -1.86. The SMILES string of the molecule is CC1CCc2c(C(=O)Nc3ccc(NS(C)(=O)=O)cc3)csc2C1. The Morgan fingerprint density at radius 2 is 1.88 bits per heavy atom. The zero-order valence-electron chi connectivity index (χ0n) is 13.6. The normalized spacial score (nSPS) is 17.2. The van der Waals surface area contributed by atoms with Crippen LogP contribution in [0, 0.1) is 5.92 Å². The van der Waals surface area contributed by atoms with E-state index >= 15 is 0 Å². The van der Waals surface area contributed by atoms with Gasteiger partial charge in [0.2, 0.25) is 10.0 Å². The molecule has 5 nitrogen and oxygen atoms in total. The summed E-state index contributed by atoms with van der Waals surface area (Å²) in [5.41, 5.74) is 3.06. The summed E-state index contributed by atoms with van der Waals surface area (Å²) in [6, 6.07) is 6.63. The monoisotopic (exact) mass is 364 g/mol. The fraction of sp³-hybridized carbons (Fsp3) is 0.353. The molecule has 0 bridgehead atoms. The molecule has 1 atom stereocenters. The van der Waals surface area contributed by atoms with Gasteiger partial charge in [-0.3, -0.25) is 9.52 Å². The van der Waals surface area contributed by atoms with Crippen molar-refractivity contribution in [1.29, 1.82) is 0 Å². The molecule has 1 heterocycles. The Labute approximate surface area is 146 Å². The summed E-state index contributed by atoms with van der Waals surface area (Å²) in [7, 11) is -3.30. The van der Waals surface area contributed by atoms with Gasteiger partial charge in [-0.25, -0.2) is 8.42 Å². The highest BCUT2D eigenvalue weighted by Crippen LogP contribution is 2.33. The number of fused-ring (bicyclic) bond motifs is 1. The molecule has 1 aromatic heterocycles. The first-order valence-corrected chi connectivity index (χ1v) is 10.6. The smallest absolute Gasteiger partial charge is 0.256 e. The molecule has 0 saturated heterocycles. The maximum absolute atomic E-state index is 12.5. The van der Waals surface area contributed by atoms with Crippen molar-refractivity contribution in [1.82, 2.24) is 0 Å². The van der Waals surface area contributed by atoms with E-state index in [0.717, 1.165) is 31.1 Å². The van der Waals surface area contributed by atoms with Crippen LogP contribution in [0.15, 0.2) is 29.6 Å². The second-order valence-corrected chi connectivity index (χ2v) is 9.02. The third-order valence-electron chi connectivity index (χ3n) is 4.09. The van der Waals surface area contributed by atoms with Crippen LogP contribution in [0.3, 0.4) is 0 Å². The summed E-state index contributed by atoms with van der Waals surface area (Å²) in [4.78, 5) is 13.9. The van der Waals surface area contributed by atoms with Crippen LogP contribution in [-0.4, -0.2) is 20.6 Å². The minimum absolute atomic E-state index is 0.106. The van der Waals surface area contributed by atoms with Crippen LogP contribution in [0.4, 0.5) is 11.4 Å². The highest BCUT2D eigenvalue weighted by Gasteiger charge is 2.23. The predicted molar refractivity (Wildman–Crippen MR) is 98.4 cm³/mol. The van der Waals surface area contributed by atoms with Crippen LogP contribution in [0.5, 0.6) is 0 Å². The summed E-state index contributed by atoms with van der Waals surface area (Å²) in [6.07, 6.45) is 4.23. The Kier molecular flexibility index (Phi) is 4.64. The van der Waals surface area contributed by atoms with Crippen molar-refractivity contribution in [2.45, 2.75) is 26.2 Å². The van der Waals surface area contributed by atoms with Gasteiger partial charge in [0.05, 0.1) is 11.8 Å². The number of hydrogen-bond acceptors (Lipinski definition) is 4. The maximum Gasteiger partial charge on any atom is 0.256 e. The minimum atomic E-state index is -3.30. The van der Waals surface area contributed by atoms with Crippen molar-refractivity contribution in [3.05, 3.63) is 45.6 Å². The summed E-state index contributed by atoms with van der Waals surface area (Å²) >= 11 is 1.67. The summed E-state index contributed by atoms with van der Waals surface area (Å²) < 4.78 is 24.8. The molecule has 1 unspecified atom stereocenters. The molecule has 7 heteroatoms. The molecule has 0 fully saturated rings. The maximum atomic E-state index is 12.5. The van der Waals surface area contributed by atoms with Crippen LogP contribution < -0.4 is 10.0 Å². The van der Waals surface area contributed by atoms with Gasteiger partial charge in [-0.2, -0.15) is 0 Å². The molecule has 2 N–H and O–H groups in total. The van der Waals surface area contributed by atoms with Gasteiger partial charge in [0.25, 0.3) is 5.91 Å². The minimum Gasteiger partial charge on any atom is -0.322 e. The Balaban J connectivity index is 1.71. The first-order chi connectivity index (χ1) is 11.3. The van der Waals surface area contributed by atoms with Gasteiger partial charge in [-0.05, 0) is 55.0 Å². The quantitative estimate of drug-likeness (QED) is 0.872. The van der Waals surface area contributed by atoms with Crippen molar-refractivity contribution in [2.75, 3.05) is 16.3 Å². The predicted octanol–water partition coefficient (Wildman–Crippen LogP) is 3.50. The number of carbonyl (C=O) groups excluding carboxylic acids is 1. The Morgan fingerprint density at radius 3 is 2.54 bits per heavy atom. The molecular weight excluding hydrogens is 344 g/mol. The summed E-state index contributed by atoms with van der Waals surface area (Å²) in [5.74, 6) is 0.577. The number of nitrogens with one attached hydrogen (secondary N) is 2. The number of hydrogen-bond donors (Lipinski definition) is 2. The lowest BCUT2D eigenvalue weighted by Crippen LogP contribution is -2.16. The highest BCUT2D eigenvalue weighted by atomic mass is 32.2. The number of thiophene rings is 1. The van der Waals surface area contributed by atoms with E-state index in [9.17, 15) is 13.2 Å². The van der Waals surface area contributed by atoms with E-state index in [1.54, 1.807) is 35.6 Å². The van der Waals surface area contributed by atoms with Gasteiger partial charge in [0.1, 0.15) is 0 Å². The molecule has 2 aromatic rings. The lowest BCUT2D eigenvalue weighted by molar-refractivity contribution is 0.102. The largest absolute Gasteiger partial charge is 0.322 e. The molecule has 0 radical (unpaired) electrons. The van der Waals surface area contributed by atoms with E-state index < -0.39 is 10.0 Å². The Bertz CT molecular complexity index is 854. The number of amides is 1. The van der Waals surface area contributed by atoms with E-state index in [-0.39, 0.29) is 5.91 Å². The molecular formula is C17H20N2O3S2. The van der Waals surface area contributed by atoms with Gasteiger partial charge < -0.3 is 5.32 Å². The zero-order valence-corrected chi connectivity index (χ0v) is 15.3. The average Bonchev–Trinajstić information content (AvgIpc) is 2.90. The van der Waals surface area contributed by atoms with E-state index in [4.69, 9.17) is 0 Å². The molecule has 0 spiro atoms. The topological polar surface area (TPSA) is 75.3 Å². The van der Waals surface area contributed by atoms with Crippen LogP contribution in [0.2, 0.25) is 0 Å². The average molecular weight is 364 g/mol.